The average Bonchev–Trinajstić information content (AvgIpc) is 3.17. The fraction of sp³-hybridized carbons (Fsp3) is 0.263. The zero-order valence-electron chi connectivity index (χ0n) is 12.6. The van der Waals surface area contributed by atoms with Gasteiger partial charge in [0.15, 0.2) is 0 Å². The Morgan fingerprint density at radius 2 is 1.96 bits per heavy atom. The summed E-state index contributed by atoms with van der Waals surface area (Å²) in [5.74, 6) is 0.142. The third-order valence-corrected chi connectivity index (χ3v) is 5.29. The molecule has 4 nitrogen and oxygen atoms in total. The Morgan fingerprint density at radius 1 is 1.09 bits per heavy atom. The van der Waals surface area contributed by atoms with Gasteiger partial charge in [-0.3, -0.25) is 4.98 Å². The van der Waals surface area contributed by atoms with Crippen molar-refractivity contribution in [3.8, 4) is 11.3 Å². The van der Waals surface area contributed by atoms with Crippen LogP contribution in [0.4, 0.5) is 0 Å². The molecule has 1 aliphatic heterocycles. The predicted molar refractivity (Wildman–Crippen MR) is 86.8 cm³/mol. The van der Waals surface area contributed by atoms with E-state index in [0.717, 1.165) is 29.8 Å². The maximum Gasteiger partial charge on any atom is 0.0956 e. The fourth-order valence-electron chi connectivity index (χ4n) is 4.26. The van der Waals surface area contributed by atoms with E-state index in [4.69, 9.17) is 0 Å². The number of benzene rings is 1. The highest BCUT2D eigenvalue weighted by atomic mass is 16.3. The molecule has 23 heavy (non-hydrogen) atoms. The first-order valence-corrected chi connectivity index (χ1v) is 8.07. The molecule has 0 fully saturated rings. The van der Waals surface area contributed by atoms with Crippen molar-refractivity contribution in [1.82, 2.24) is 14.5 Å². The topological polar surface area (TPSA) is 50.9 Å². The summed E-state index contributed by atoms with van der Waals surface area (Å²) >= 11 is 0. The Bertz CT molecular complexity index is 886. The molecule has 0 saturated carbocycles. The molecule has 3 heterocycles. The normalized spacial score (nSPS) is 24.8. The minimum atomic E-state index is -0.487. The van der Waals surface area contributed by atoms with E-state index < -0.39 is 6.10 Å². The molecule has 0 saturated heterocycles. The van der Waals surface area contributed by atoms with Gasteiger partial charge in [0.05, 0.1) is 30.4 Å². The zero-order chi connectivity index (χ0) is 15.4. The van der Waals surface area contributed by atoms with Crippen molar-refractivity contribution in [2.75, 3.05) is 0 Å². The summed E-state index contributed by atoms with van der Waals surface area (Å²) < 4.78 is 2.22. The molecule has 2 aliphatic rings. The Hall–Kier alpha value is -2.46. The van der Waals surface area contributed by atoms with Gasteiger partial charge in [-0.05, 0) is 24.5 Å². The lowest BCUT2D eigenvalue weighted by Crippen LogP contribution is -2.29. The van der Waals surface area contributed by atoms with Crippen LogP contribution < -0.4 is 0 Å². The summed E-state index contributed by atoms with van der Waals surface area (Å²) in [5, 5.41) is 11.0. The standard InChI is InChI=1S/C19H17N3O/c23-19-14-6-3-9-21-16(14)8-7-15(19)18-13-5-2-1-4-12(13)17-10-20-11-22(17)18/h1-6,9-11,15,18-19,23H,7-8H2/t15-,18-,19-/m1/s1. The first-order valence-electron chi connectivity index (χ1n) is 8.07. The van der Waals surface area contributed by atoms with Crippen LogP contribution in [0.3, 0.4) is 0 Å². The van der Waals surface area contributed by atoms with Crippen molar-refractivity contribution in [1.29, 1.82) is 0 Å². The number of aromatic nitrogens is 3. The van der Waals surface area contributed by atoms with Gasteiger partial charge in [0.1, 0.15) is 0 Å². The second-order valence-electron chi connectivity index (χ2n) is 6.40. The number of pyridine rings is 1. The molecule has 5 rings (SSSR count). The molecule has 0 unspecified atom stereocenters. The van der Waals surface area contributed by atoms with E-state index in [2.05, 4.69) is 38.8 Å². The maximum absolute atomic E-state index is 11.0. The SMILES string of the molecule is O[C@@H]1c2cccnc2CC[C@@H]1[C@H]1c2ccccc2-c2cncn21. The largest absolute Gasteiger partial charge is 0.388 e. The Labute approximate surface area is 134 Å². The molecule has 0 bridgehead atoms. The van der Waals surface area contributed by atoms with Gasteiger partial charge < -0.3 is 9.67 Å². The first kappa shape index (κ1) is 13.0. The molecule has 0 spiro atoms. The van der Waals surface area contributed by atoms with E-state index >= 15 is 0 Å². The van der Waals surface area contributed by atoms with Gasteiger partial charge in [-0.1, -0.05) is 30.3 Å². The van der Waals surface area contributed by atoms with Crippen LogP contribution in [0.2, 0.25) is 0 Å². The summed E-state index contributed by atoms with van der Waals surface area (Å²) in [6.45, 7) is 0. The van der Waals surface area contributed by atoms with E-state index in [1.54, 1.807) is 0 Å². The van der Waals surface area contributed by atoms with E-state index in [9.17, 15) is 5.11 Å². The van der Waals surface area contributed by atoms with E-state index in [1.165, 1.54) is 11.1 Å². The summed E-state index contributed by atoms with van der Waals surface area (Å²) in [6.07, 6.45) is 6.99. The molecule has 4 heteroatoms. The van der Waals surface area contributed by atoms with Gasteiger partial charge in [0.2, 0.25) is 0 Å². The van der Waals surface area contributed by atoms with Crippen LogP contribution in [0.25, 0.3) is 11.3 Å². The van der Waals surface area contributed by atoms with Crippen LogP contribution in [0.5, 0.6) is 0 Å². The summed E-state index contributed by atoms with van der Waals surface area (Å²) in [6, 6.07) is 12.5. The molecule has 1 aromatic carbocycles. The van der Waals surface area contributed by atoms with Gasteiger partial charge in [0, 0.05) is 28.9 Å². The minimum absolute atomic E-state index is 0.142. The zero-order valence-corrected chi connectivity index (χ0v) is 12.6. The average molecular weight is 303 g/mol. The van der Waals surface area contributed by atoms with Gasteiger partial charge in [-0.2, -0.15) is 0 Å². The van der Waals surface area contributed by atoms with Crippen LogP contribution in [0.1, 0.15) is 35.4 Å². The molecule has 1 aliphatic carbocycles. The minimum Gasteiger partial charge on any atom is -0.388 e. The van der Waals surface area contributed by atoms with Crippen molar-refractivity contribution in [3.05, 3.63) is 71.9 Å². The summed E-state index contributed by atoms with van der Waals surface area (Å²) in [7, 11) is 0. The number of imidazole rings is 1. The van der Waals surface area contributed by atoms with Crippen LogP contribution in [-0.4, -0.2) is 19.6 Å². The quantitative estimate of drug-likeness (QED) is 0.751. The monoisotopic (exact) mass is 303 g/mol. The van der Waals surface area contributed by atoms with Crippen molar-refractivity contribution in [2.45, 2.75) is 25.0 Å². The lowest BCUT2D eigenvalue weighted by atomic mass is 9.77. The summed E-state index contributed by atoms with van der Waals surface area (Å²) in [4.78, 5) is 8.76. The Balaban J connectivity index is 1.64. The fourth-order valence-corrected chi connectivity index (χ4v) is 4.26. The number of rotatable bonds is 1. The predicted octanol–water partition coefficient (Wildman–Crippen LogP) is 3.14. The van der Waals surface area contributed by atoms with Crippen molar-refractivity contribution in [2.24, 2.45) is 5.92 Å². The summed E-state index contributed by atoms with van der Waals surface area (Å²) in [5.41, 5.74) is 5.69. The lowest BCUT2D eigenvalue weighted by Gasteiger charge is -2.34. The second kappa shape index (κ2) is 4.77. The van der Waals surface area contributed by atoms with Crippen LogP contribution in [0, 0.1) is 5.92 Å². The van der Waals surface area contributed by atoms with Crippen LogP contribution in [0.15, 0.2) is 55.1 Å². The number of hydrogen-bond acceptors (Lipinski definition) is 3. The number of aliphatic hydroxyl groups is 1. The maximum atomic E-state index is 11.0. The number of hydrogen-bond donors (Lipinski definition) is 1. The molecule has 0 amide bonds. The highest BCUT2D eigenvalue weighted by Crippen LogP contribution is 2.49. The van der Waals surface area contributed by atoms with Crippen LogP contribution in [-0.2, 0) is 6.42 Å². The molecule has 1 N–H and O–H groups in total. The molecule has 3 atom stereocenters. The van der Waals surface area contributed by atoms with Gasteiger partial charge in [-0.25, -0.2) is 4.98 Å². The lowest BCUT2D eigenvalue weighted by molar-refractivity contribution is 0.0710. The molecule has 114 valence electrons. The highest BCUT2D eigenvalue weighted by molar-refractivity contribution is 5.69. The molecular weight excluding hydrogens is 286 g/mol. The number of nitrogens with zero attached hydrogens (tertiary/aromatic N) is 3. The van der Waals surface area contributed by atoms with E-state index in [-0.39, 0.29) is 12.0 Å². The molecular formula is C19H17N3O. The third-order valence-electron chi connectivity index (χ3n) is 5.29. The smallest absolute Gasteiger partial charge is 0.0956 e. The Kier molecular flexibility index (Phi) is 2.70. The highest BCUT2D eigenvalue weighted by Gasteiger charge is 2.40. The van der Waals surface area contributed by atoms with Crippen molar-refractivity contribution in [3.63, 3.8) is 0 Å². The number of aliphatic hydroxyl groups excluding tert-OH is 1. The van der Waals surface area contributed by atoms with Crippen molar-refractivity contribution < 1.29 is 5.11 Å². The molecule has 2 aromatic heterocycles. The Morgan fingerprint density at radius 3 is 2.91 bits per heavy atom. The van der Waals surface area contributed by atoms with E-state index in [1.807, 2.05) is 30.9 Å². The van der Waals surface area contributed by atoms with Crippen LogP contribution >= 0.6 is 0 Å². The van der Waals surface area contributed by atoms with Gasteiger partial charge in [-0.15, -0.1) is 0 Å². The second-order valence-corrected chi connectivity index (χ2v) is 6.40. The van der Waals surface area contributed by atoms with Crippen molar-refractivity contribution >= 4 is 0 Å². The number of fused-ring (bicyclic) bond motifs is 4. The first-order chi connectivity index (χ1) is 11.3. The van der Waals surface area contributed by atoms with Gasteiger partial charge in [0.25, 0.3) is 0 Å². The van der Waals surface area contributed by atoms with Gasteiger partial charge >= 0.3 is 0 Å². The van der Waals surface area contributed by atoms with E-state index in [0.29, 0.717) is 0 Å². The molecule has 3 aromatic rings. The number of aryl methyl sites for hydroxylation is 1. The third kappa shape index (κ3) is 1.75. The molecule has 0 radical (unpaired) electrons.